The smallest absolute Gasteiger partial charge is 0.228 e. The Morgan fingerprint density at radius 1 is 1.28 bits per heavy atom. The second-order valence-corrected chi connectivity index (χ2v) is 6.56. The summed E-state index contributed by atoms with van der Waals surface area (Å²) >= 11 is 0. The molecule has 1 amide bonds. The van der Waals surface area contributed by atoms with Gasteiger partial charge >= 0.3 is 0 Å². The number of aliphatic hydroxyl groups is 1. The second kappa shape index (κ2) is 7.70. The molecule has 1 fully saturated rings. The van der Waals surface area contributed by atoms with Crippen LogP contribution >= 0.6 is 0 Å². The molecule has 1 saturated carbocycles. The van der Waals surface area contributed by atoms with E-state index in [1.165, 1.54) is 0 Å². The Bertz CT molecular complexity index is 704. The molecule has 134 valence electrons. The minimum absolute atomic E-state index is 0.120. The minimum atomic E-state index is -0.400. The van der Waals surface area contributed by atoms with Gasteiger partial charge in [0, 0.05) is 11.3 Å². The molecular formula is C19H24N2O4. The quantitative estimate of drug-likeness (QED) is 0.870. The third-order valence-corrected chi connectivity index (χ3v) is 4.61. The van der Waals surface area contributed by atoms with Crippen molar-refractivity contribution in [2.24, 2.45) is 0 Å². The molecule has 3 rings (SSSR count). The predicted octanol–water partition coefficient (Wildman–Crippen LogP) is 3.15. The van der Waals surface area contributed by atoms with E-state index >= 15 is 0 Å². The van der Waals surface area contributed by atoms with Crippen LogP contribution < -0.4 is 10.1 Å². The van der Waals surface area contributed by atoms with Crippen LogP contribution in [0.2, 0.25) is 0 Å². The number of nitrogens with one attached hydrogen (secondary N) is 1. The third kappa shape index (κ3) is 4.39. The lowest BCUT2D eigenvalue weighted by Gasteiger charge is -2.28. The number of hydrogen-bond acceptors (Lipinski definition) is 5. The van der Waals surface area contributed by atoms with Crippen molar-refractivity contribution in [1.29, 1.82) is 0 Å². The number of amides is 1. The highest BCUT2D eigenvalue weighted by molar-refractivity contribution is 5.92. The highest BCUT2D eigenvalue weighted by Gasteiger charge is 2.24. The van der Waals surface area contributed by atoms with E-state index in [1.807, 2.05) is 19.1 Å². The SMILES string of the molecule is Cc1noc(C)c1CC(=O)Nc1ccc(OC2CCCCC2O)cc1. The van der Waals surface area contributed by atoms with Gasteiger partial charge in [-0.05, 0) is 57.4 Å². The van der Waals surface area contributed by atoms with Crippen molar-refractivity contribution in [2.75, 3.05) is 5.32 Å². The summed E-state index contributed by atoms with van der Waals surface area (Å²) in [5.41, 5.74) is 2.26. The lowest BCUT2D eigenvalue weighted by Crippen LogP contribution is -2.34. The van der Waals surface area contributed by atoms with Gasteiger partial charge in [-0.15, -0.1) is 0 Å². The average molecular weight is 344 g/mol. The van der Waals surface area contributed by atoms with Crippen LogP contribution in [0.25, 0.3) is 0 Å². The lowest BCUT2D eigenvalue weighted by molar-refractivity contribution is -0.115. The summed E-state index contributed by atoms with van der Waals surface area (Å²) in [6, 6.07) is 7.23. The van der Waals surface area contributed by atoms with E-state index in [2.05, 4.69) is 10.5 Å². The molecule has 1 aliphatic rings. The number of ether oxygens (including phenoxy) is 1. The zero-order valence-corrected chi connectivity index (χ0v) is 14.6. The van der Waals surface area contributed by atoms with Gasteiger partial charge in [-0.2, -0.15) is 0 Å². The van der Waals surface area contributed by atoms with Gasteiger partial charge in [-0.25, -0.2) is 0 Å². The molecule has 0 aliphatic heterocycles. The number of aryl methyl sites for hydroxylation is 2. The molecule has 6 nitrogen and oxygen atoms in total. The van der Waals surface area contributed by atoms with E-state index in [0.717, 1.165) is 36.9 Å². The summed E-state index contributed by atoms with van der Waals surface area (Å²) in [6.45, 7) is 3.62. The zero-order valence-electron chi connectivity index (χ0n) is 14.6. The number of aliphatic hydroxyl groups excluding tert-OH is 1. The normalized spacial score (nSPS) is 20.3. The Morgan fingerprint density at radius 3 is 2.64 bits per heavy atom. The largest absolute Gasteiger partial charge is 0.488 e. The number of nitrogens with zero attached hydrogens (tertiary/aromatic N) is 1. The van der Waals surface area contributed by atoms with Crippen LogP contribution in [0.4, 0.5) is 5.69 Å². The Kier molecular flexibility index (Phi) is 5.38. The summed E-state index contributed by atoms with van der Waals surface area (Å²) in [4.78, 5) is 12.2. The summed E-state index contributed by atoms with van der Waals surface area (Å²) in [6.07, 6.45) is 3.48. The van der Waals surface area contributed by atoms with Crippen molar-refractivity contribution < 1.29 is 19.2 Å². The van der Waals surface area contributed by atoms with Crippen molar-refractivity contribution in [2.45, 2.75) is 58.2 Å². The minimum Gasteiger partial charge on any atom is -0.488 e. The molecule has 0 spiro atoms. The van der Waals surface area contributed by atoms with Gasteiger partial charge in [0.2, 0.25) is 5.91 Å². The fourth-order valence-corrected chi connectivity index (χ4v) is 3.13. The van der Waals surface area contributed by atoms with Gasteiger partial charge in [0.25, 0.3) is 0 Å². The van der Waals surface area contributed by atoms with Crippen LogP contribution in [-0.2, 0) is 11.2 Å². The van der Waals surface area contributed by atoms with Crippen LogP contribution in [0.3, 0.4) is 0 Å². The van der Waals surface area contributed by atoms with E-state index in [-0.39, 0.29) is 18.4 Å². The summed E-state index contributed by atoms with van der Waals surface area (Å²) in [5, 5.41) is 16.7. The molecule has 1 aromatic carbocycles. The zero-order chi connectivity index (χ0) is 17.8. The Morgan fingerprint density at radius 2 is 2.00 bits per heavy atom. The molecule has 1 aliphatic carbocycles. The molecule has 2 atom stereocenters. The molecule has 1 aromatic heterocycles. The highest BCUT2D eigenvalue weighted by atomic mass is 16.5. The van der Waals surface area contributed by atoms with Gasteiger partial charge in [0.15, 0.2) is 0 Å². The standard InChI is InChI=1S/C19H24N2O4/c1-12-16(13(2)25-21-12)11-19(23)20-14-7-9-15(10-8-14)24-18-6-4-3-5-17(18)22/h7-10,17-18,22H,3-6,11H2,1-2H3,(H,20,23). The van der Waals surface area contributed by atoms with Crippen molar-refractivity contribution in [1.82, 2.24) is 5.16 Å². The van der Waals surface area contributed by atoms with Crippen LogP contribution in [0.1, 0.15) is 42.7 Å². The first-order chi connectivity index (χ1) is 12.0. The van der Waals surface area contributed by atoms with E-state index in [9.17, 15) is 9.90 Å². The Balaban J connectivity index is 1.56. The lowest BCUT2D eigenvalue weighted by atomic mass is 9.95. The molecule has 2 N–H and O–H groups in total. The number of benzene rings is 1. The van der Waals surface area contributed by atoms with E-state index in [0.29, 0.717) is 17.2 Å². The molecule has 0 saturated heterocycles. The van der Waals surface area contributed by atoms with Gasteiger partial charge in [-0.1, -0.05) is 11.6 Å². The third-order valence-electron chi connectivity index (χ3n) is 4.61. The number of anilines is 1. The fourth-order valence-electron chi connectivity index (χ4n) is 3.13. The molecule has 0 bridgehead atoms. The number of hydrogen-bond donors (Lipinski definition) is 2. The van der Waals surface area contributed by atoms with Gasteiger partial charge in [0.1, 0.15) is 17.6 Å². The van der Waals surface area contributed by atoms with Crippen LogP contribution in [-0.4, -0.2) is 28.4 Å². The summed E-state index contributed by atoms with van der Waals surface area (Å²) in [5.74, 6) is 1.25. The van der Waals surface area contributed by atoms with E-state index in [4.69, 9.17) is 9.26 Å². The summed E-state index contributed by atoms with van der Waals surface area (Å²) < 4.78 is 10.9. The van der Waals surface area contributed by atoms with Crippen molar-refractivity contribution >= 4 is 11.6 Å². The first-order valence-electron chi connectivity index (χ1n) is 8.69. The van der Waals surface area contributed by atoms with Crippen LogP contribution in [0.5, 0.6) is 5.75 Å². The Labute approximate surface area is 147 Å². The van der Waals surface area contributed by atoms with Gasteiger partial charge in [0.05, 0.1) is 18.2 Å². The van der Waals surface area contributed by atoms with Crippen molar-refractivity contribution in [3.63, 3.8) is 0 Å². The average Bonchev–Trinajstić information content (AvgIpc) is 2.90. The maximum absolute atomic E-state index is 12.2. The van der Waals surface area contributed by atoms with E-state index in [1.54, 1.807) is 19.1 Å². The monoisotopic (exact) mass is 344 g/mol. The first kappa shape index (κ1) is 17.5. The van der Waals surface area contributed by atoms with Gasteiger partial charge < -0.3 is 19.7 Å². The fraction of sp³-hybridized carbons (Fsp3) is 0.474. The molecule has 25 heavy (non-hydrogen) atoms. The van der Waals surface area contributed by atoms with Crippen LogP contribution in [0, 0.1) is 13.8 Å². The number of carbonyl (C=O) groups is 1. The molecule has 2 aromatic rings. The predicted molar refractivity (Wildman–Crippen MR) is 93.6 cm³/mol. The maximum Gasteiger partial charge on any atom is 0.228 e. The first-order valence-corrected chi connectivity index (χ1v) is 8.69. The molecule has 1 heterocycles. The molecule has 2 unspecified atom stereocenters. The highest BCUT2D eigenvalue weighted by Crippen LogP contribution is 2.25. The Hall–Kier alpha value is -2.34. The number of carbonyl (C=O) groups excluding carboxylic acids is 1. The maximum atomic E-state index is 12.2. The molecule has 0 radical (unpaired) electrons. The van der Waals surface area contributed by atoms with Gasteiger partial charge in [-0.3, -0.25) is 4.79 Å². The van der Waals surface area contributed by atoms with Crippen molar-refractivity contribution in [3.8, 4) is 5.75 Å². The topological polar surface area (TPSA) is 84.6 Å². The number of rotatable bonds is 5. The van der Waals surface area contributed by atoms with Crippen LogP contribution in [0.15, 0.2) is 28.8 Å². The van der Waals surface area contributed by atoms with E-state index < -0.39 is 6.10 Å². The molecular weight excluding hydrogens is 320 g/mol. The number of aromatic nitrogens is 1. The second-order valence-electron chi connectivity index (χ2n) is 6.56. The van der Waals surface area contributed by atoms with Crippen molar-refractivity contribution in [3.05, 3.63) is 41.3 Å². The summed E-state index contributed by atoms with van der Waals surface area (Å²) in [7, 11) is 0. The molecule has 6 heteroatoms.